The third-order valence-electron chi connectivity index (χ3n) is 5.05. The molecule has 4 heteroatoms. The number of aryl methyl sites for hydroxylation is 1. The van der Waals surface area contributed by atoms with Crippen LogP contribution in [0.3, 0.4) is 0 Å². The van der Waals surface area contributed by atoms with Crippen molar-refractivity contribution in [2.45, 2.75) is 57.7 Å². The Bertz CT molecular complexity index is 518. The van der Waals surface area contributed by atoms with Gasteiger partial charge in [0.05, 0.1) is 0 Å². The van der Waals surface area contributed by atoms with E-state index in [9.17, 15) is 8.78 Å². The van der Waals surface area contributed by atoms with Gasteiger partial charge in [0.1, 0.15) is 11.6 Å². The van der Waals surface area contributed by atoms with E-state index >= 15 is 0 Å². The lowest BCUT2D eigenvalue weighted by molar-refractivity contribution is 0.162. The Hall–Kier alpha value is -1.00. The zero-order valence-electron chi connectivity index (χ0n) is 12.8. The lowest BCUT2D eigenvalue weighted by Gasteiger charge is -2.36. The molecule has 2 aliphatic heterocycles. The minimum atomic E-state index is -0.328. The van der Waals surface area contributed by atoms with Crippen molar-refractivity contribution in [3.63, 3.8) is 0 Å². The maximum Gasteiger partial charge on any atom is 0.128 e. The molecular formula is C17H24F2N2. The van der Waals surface area contributed by atoms with E-state index < -0.39 is 0 Å². The van der Waals surface area contributed by atoms with Crippen molar-refractivity contribution in [1.29, 1.82) is 0 Å². The highest BCUT2D eigenvalue weighted by molar-refractivity contribution is 5.27. The fourth-order valence-electron chi connectivity index (χ4n) is 3.81. The van der Waals surface area contributed by atoms with Gasteiger partial charge in [0.25, 0.3) is 0 Å². The van der Waals surface area contributed by atoms with Gasteiger partial charge in [-0.05, 0) is 70.3 Å². The summed E-state index contributed by atoms with van der Waals surface area (Å²) in [6.07, 6.45) is 4.79. The highest BCUT2D eigenvalue weighted by Gasteiger charge is 2.32. The molecule has 0 amide bonds. The topological polar surface area (TPSA) is 15.3 Å². The first-order chi connectivity index (χ1) is 10.0. The van der Waals surface area contributed by atoms with Crippen molar-refractivity contribution in [3.8, 4) is 0 Å². The van der Waals surface area contributed by atoms with Gasteiger partial charge in [-0.3, -0.25) is 0 Å². The second-order valence-corrected chi connectivity index (χ2v) is 6.56. The van der Waals surface area contributed by atoms with Crippen LogP contribution in [0.5, 0.6) is 0 Å². The third kappa shape index (κ3) is 3.11. The van der Waals surface area contributed by atoms with E-state index in [0.29, 0.717) is 23.2 Å². The van der Waals surface area contributed by atoms with Gasteiger partial charge < -0.3 is 10.2 Å². The molecule has 1 N–H and O–H groups in total. The van der Waals surface area contributed by atoms with Crippen LogP contribution < -0.4 is 5.32 Å². The number of hydrogen-bond acceptors (Lipinski definition) is 2. The van der Waals surface area contributed by atoms with Gasteiger partial charge in [-0.25, -0.2) is 8.78 Å². The van der Waals surface area contributed by atoms with Crippen LogP contribution in [0.1, 0.15) is 49.8 Å². The molecule has 1 aromatic rings. The number of fused-ring (bicyclic) bond motifs is 1. The molecule has 2 fully saturated rings. The molecule has 116 valence electrons. The molecule has 1 aromatic carbocycles. The van der Waals surface area contributed by atoms with E-state index in [0.717, 1.165) is 19.4 Å². The summed E-state index contributed by atoms with van der Waals surface area (Å²) in [5.74, 6) is -0.641. The molecule has 2 heterocycles. The summed E-state index contributed by atoms with van der Waals surface area (Å²) in [5, 5.41) is 3.50. The Labute approximate surface area is 125 Å². The lowest BCUT2D eigenvalue weighted by atomic mass is 9.95. The van der Waals surface area contributed by atoms with E-state index in [1.54, 1.807) is 6.92 Å². The van der Waals surface area contributed by atoms with Crippen LogP contribution in [0.25, 0.3) is 0 Å². The number of hydrogen-bond donors (Lipinski definition) is 1. The lowest BCUT2D eigenvalue weighted by Crippen LogP contribution is -2.46. The van der Waals surface area contributed by atoms with Crippen molar-refractivity contribution in [2.24, 2.45) is 0 Å². The van der Waals surface area contributed by atoms with Crippen LogP contribution in [0.4, 0.5) is 8.78 Å². The monoisotopic (exact) mass is 294 g/mol. The van der Waals surface area contributed by atoms with Gasteiger partial charge in [0.15, 0.2) is 0 Å². The molecule has 0 saturated carbocycles. The average Bonchev–Trinajstić information content (AvgIpc) is 2.90. The average molecular weight is 294 g/mol. The third-order valence-corrected chi connectivity index (χ3v) is 5.05. The van der Waals surface area contributed by atoms with Gasteiger partial charge in [-0.15, -0.1) is 0 Å². The summed E-state index contributed by atoms with van der Waals surface area (Å²) in [5.41, 5.74) is 0.801. The maximum atomic E-state index is 14.0. The minimum Gasteiger partial charge on any atom is -0.307 e. The van der Waals surface area contributed by atoms with Crippen LogP contribution in [-0.2, 0) is 0 Å². The molecule has 2 aliphatic rings. The van der Waals surface area contributed by atoms with Gasteiger partial charge in [0.2, 0.25) is 0 Å². The molecule has 0 spiro atoms. The first-order valence-corrected chi connectivity index (χ1v) is 8.00. The Balaban J connectivity index is 1.66. The number of benzene rings is 1. The van der Waals surface area contributed by atoms with Gasteiger partial charge >= 0.3 is 0 Å². The largest absolute Gasteiger partial charge is 0.307 e. The first-order valence-electron chi connectivity index (χ1n) is 8.00. The van der Waals surface area contributed by atoms with Crippen molar-refractivity contribution < 1.29 is 8.78 Å². The Morgan fingerprint density at radius 1 is 1.19 bits per heavy atom. The van der Waals surface area contributed by atoms with Crippen molar-refractivity contribution in [1.82, 2.24) is 10.2 Å². The Kier molecular flexibility index (Phi) is 4.27. The molecule has 3 unspecified atom stereocenters. The Morgan fingerprint density at radius 2 is 2.00 bits per heavy atom. The maximum absolute atomic E-state index is 14.0. The molecule has 0 bridgehead atoms. The van der Waals surface area contributed by atoms with Gasteiger partial charge in [-0.1, -0.05) is 0 Å². The second kappa shape index (κ2) is 6.01. The van der Waals surface area contributed by atoms with E-state index in [4.69, 9.17) is 0 Å². The first kappa shape index (κ1) is 14.9. The summed E-state index contributed by atoms with van der Waals surface area (Å²) in [6.45, 7) is 5.87. The number of halogens is 2. The zero-order valence-corrected chi connectivity index (χ0v) is 12.8. The van der Waals surface area contributed by atoms with E-state index in [1.165, 1.54) is 31.5 Å². The summed E-state index contributed by atoms with van der Waals surface area (Å²) < 4.78 is 27.7. The van der Waals surface area contributed by atoms with E-state index in [1.807, 2.05) is 6.92 Å². The van der Waals surface area contributed by atoms with Crippen LogP contribution in [0.15, 0.2) is 12.1 Å². The van der Waals surface area contributed by atoms with Crippen LogP contribution in [0.2, 0.25) is 0 Å². The molecule has 0 aliphatic carbocycles. The molecule has 3 atom stereocenters. The highest BCUT2D eigenvalue weighted by Crippen LogP contribution is 2.29. The number of nitrogens with zero attached hydrogens (tertiary/aromatic N) is 1. The van der Waals surface area contributed by atoms with Crippen LogP contribution >= 0.6 is 0 Å². The van der Waals surface area contributed by atoms with Gasteiger partial charge in [0, 0.05) is 23.7 Å². The molecular weight excluding hydrogens is 270 g/mol. The summed E-state index contributed by atoms with van der Waals surface area (Å²) in [7, 11) is 0. The normalized spacial score (nSPS) is 27.6. The second-order valence-electron chi connectivity index (χ2n) is 6.56. The molecule has 2 saturated heterocycles. The highest BCUT2D eigenvalue weighted by atomic mass is 19.1. The van der Waals surface area contributed by atoms with Crippen LogP contribution in [-0.4, -0.2) is 30.1 Å². The van der Waals surface area contributed by atoms with E-state index in [-0.39, 0.29) is 17.7 Å². The molecule has 0 radical (unpaired) electrons. The van der Waals surface area contributed by atoms with Crippen molar-refractivity contribution in [2.75, 3.05) is 13.1 Å². The summed E-state index contributed by atoms with van der Waals surface area (Å²) in [6, 6.07) is 3.57. The van der Waals surface area contributed by atoms with Crippen LogP contribution in [0, 0.1) is 18.6 Å². The molecule has 0 aromatic heterocycles. The zero-order chi connectivity index (χ0) is 15.0. The molecule has 2 nitrogen and oxygen atoms in total. The minimum absolute atomic E-state index is 0.155. The van der Waals surface area contributed by atoms with Crippen molar-refractivity contribution >= 4 is 0 Å². The fourth-order valence-corrected chi connectivity index (χ4v) is 3.81. The smallest absolute Gasteiger partial charge is 0.128 e. The predicted molar refractivity (Wildman–Crippen MR) is 80.3 cm³/mol. The Morgan fingerprint density at radius 3 is 2.81 bits per heavy atom. The van der Waals surface area contributed by atoms with Gasteiger partial charge in [-0.2, -0.15) is 0 Å². The van der Waals surface area contributed by atoms with Crippen molar-refractivity contribution in [3.05, 3.63) is 34.9 Å². The number of piperidine rings is 1. The molecule has 21 heavy (non-hydrogen) atoms. The SMILES string of the molecule is Cc1cc(F)c(C(C)NC2CCN3CCCC3C2)cc1F. The van der Waals surface area contributed by atoms with E-state index in [2.05, 4.69) is 10.2 Å². The summed E-state index contributed by atoms with van der Waals surface area (Å²) in [4.78, 5) is 2.56. The summed E-state index contributed by atoms with van der Waals surface area (Å²) >= 11 is 0. The number of rotatable bonds is 3. The fraction of sp³-hybridized carbons (Fsp3) is 0.647. The quantitative estimate of drug-likeness (QED) is 0.917. The predicted octanol–water partition coefficient (Wildman–Crippen LogP) is 3.55. The number of nitrogens with one attached hydrogen (secondary N) is 1. The standard InChI is InChI=1S/C17H24F2N2/c1-11-8-17(19)15(10-16(11)18)12(2)20-13-5-7-21-6-3-4-14(21)9-13/h8,10,12-14,20H,3-7,9H2,1-2H3. The molecule has 3 rings (SSSR count).